The highest BCUT2D eigenvalue weighted by Gasteiger charge is 2.72. The second-order valence-corrected chi connectivity index (χ2v) is 15.3. The van der Waals surface area contributed by atoms with Gasteiger partial charge in [-0.25, -0.2) is 0 Å². The van der Waals surface area contributed by atoms with Crippen molar-refractivity contribution in [2.24, 2.45) is 56.2 Å². The molecule has 0 aromatic carbocycles. The van der Waals surface area contributed by atoms with E-state index in [9.17, 15) is 15.0 Å². The number of carbonyl (C=O) groups is 1. The Morgan fingerprint density at radius 3 is 2.12 bits per heavy atom. The van der Waals surface area contributed by atoms with Crippen molar-refractivity contribution in [2.45, 2.75) is 119 Å². The Hall–Kier alpha value is -0.410. The number of carbonyl (C=O) groups excluding carboxylic acids is 1. The van der Waals surface area contributed by atoms with Crippen molar-refractivity contribution in [2.75, 3.05) is 6.61 Å². The highest BCUT2D eigenvalue weighted by Crippen LogP contribution is 2.78. The summed E-state index contributed by atoms with van der Waals surface area (Å²) in [5.41, 5.74) is 0.701. The van der Waals surface area contributed by atoms with Crippen LogP contribution in [0.25, 0.3) is 0 Å². The van der Waals surface area contributed by atoms with E-state index in [0.29, 0.717) is 35.6 Å². The summed E-state index contributed by atoms with van der Waals surface area (Å²) in [6.07, 6.45) is 10.5. The van der Waals surface area contributed by atoms with Gasteiger partial charge < -0.3 is 10.2 Å². The topological polar surface area (TPSA) is 57.5 Å². The largest absolute Gasteiger partial charge is 0.396 e. The van der Waals surface area contributed by atoms with Crippen LogP contribution in [0.15, 0.2) is 0 Å². The number of hydrogen-bond acceptors (Lipinski definition) is 3. The van der Waals surface area contributed by atoms with E-state index in [1.807, 2.05) is 0 Å². The van der Waals surface area contributed by atoms with Gasteiger partial charge in [-0.05, 0) is 108 Å². The van der Waals surface area contributed by atoms with Crippen molar-refractivity contribution in [1.29, 1.82) is 0 Å². The van der Waals surface area contributed by atoms with Crippen molar-refractivity contribution in [1.82, 2.24) is 0 Å². The average Bonchev–Trinajstić information content (AvgIpc) is 2.74. The predicted octanol–water partition coefficient (Wildman–Crippen LogP) is 6.40. The van der Waals surface area contributed by atoms with Crippen molar-refractivity contribution in [3.05, 3.63) is 0 Å². The van der Waals surface area contributed by atoms with Gasteiger partial charge in [0.15, 0.2) is 0 Å². The molecular weight excluding hydrogens is 408 g/mol. The second kappa shape index (κ2) is 7.09. The molecule has 0 spiro atoms. The predicted molar refractivity (Wildman–Crippen MR) is 133 cm³/mol. The zero-order chi connectivity index (χ0) is 24.2. The van der Waals surface area contributed by atoms with Gasteiger partial charge >= 0.3 is 0 Å². The van der Waals surface area contributed by atoms with Gasteiger partial charge in [-0.2, -0.15) is 0 Å². The standard InChI is InChI=1S/C30H50O3/c1-19-20(32)8-9-22-27(4)13-15-29(6)23-17-25(2,18-31)10-11-26(23,3)12-14-30(29,7)24(27)21(33)16-28(19,22)5/h19,21-24,31,33H,8-18H2,1-7H3. The van der Waals surface area contributed by atoms with Crippen LogP contribution in [0.1, 0.15) is 113 Å². The van der Waals surface area contributed by atoms with Gasteiger partial charge in [-0.3, -0.25) is 4.79 Å². The summed E-state index contributed by atoms with van der Waals surface area (Å²) in [5, 5.41) is 22.2. The van der Waals surface area contributed by atoms with Crippen LogP contribution in [0.4, 0.5) is 0 Å². The first-order valence-electron chi connectivity index (χ1n) is 14.0. The van der Waals surface area contributed by atoms with Crippen LogP contribution in [0.2, 0.25) is 0 Å². The molecule has 5 aliphatic rings. The number of Topliss-reactive ketones (excluding diaryl/α,β-unsaturated/α-hetero) is 1. The van der Waals surface area contributed by atoms with E-state index in [2.05, 4.69) is 48.5 Å². The molecule has 188 valence electrons. The number of aliphatic hydroxyl groups excluding tert-OH is 2. The van der Waals surface area contributed by atoms with Crippen LogP contribution < -0.4 is 0 Å². The van der Waals surface area contributed by atoms with Crippen LogP contribution in [-0.4, -0.2) is 28.7 Å². The van der Waals surface area contributed by atoms with Gasteiger partial charge in [0, 0.05) is 18.9 Å². The Kier molecular flexibility index (Phi) is 5.22. The molecule has 0 aliphatic heterocycles. The smallest absolute Gasteiger partial charge is 0.136 e. The Morgan fingerprint density at radius 1 is 0.818 bits per heavy atom. The highest BCUT2D eigenvalue weighted by atomic mass is 16.3. The number of hydrogen-bond donors (Lipinski definition) is 2. The third kappa shape index (κ3) is 2.90. The molecule has 0 aromatic rings. The normalized spacial score (nSPS) is 60.9. The Bertz CT molecular complexity index is 838. The first kappa shape index (κ1) is 24.3. The molecule has 5 aliphatic carbocycles. The molecule has 11 atom stereocenters. The monoisotopic (exact) mass is 458 g/mol. The number of fused-ring (bicyclic) bond motifs is 7. The highest BCUT2D eigenvalue weighted by molar-refractivity contribution is 5.82. The molecule has 0 heterocycles. The van der Waals surface area contributed by atoms with E-state index < -0.39 is 0 Å². The lowest BCUT2D eigenvalue weighted by Crippen LogP contribution is -2.70. The molecule has 0 aromatic heterocycles. The fourth-order valence-electron chi connectivity index (χ4n) is 11.4. The lowest BCUT2D eigenvalue weighted by atomic mass is 9.29. The van der Waals surface area contributed by atoms with Gasteiger partial charge in [-0.15, -0.1) is 0 Å². The quantitative estimate of drug-likeness (QED) is 0.478. The number of ketones is 1. The fraction of sp³-hybridized carbons (Fsp3) is 0.967. The fourth-order valence-corrected chi connectivity index (χ4v) is 11.4. The van der Waals surface area contributed by atoms with E-state index in [1.165, 1.54) is 32.1 Å². The summed E-state index contributed by atoms with van der Waals surface area (Å²) in [6.45, 7) is 17.2. The molecule has 0 saturated heterocycles. The zero-order valence-electron chi connectivity index (χ0n) is 22.5. The van der Waals surface area contributed by atoms with Crippen LogP contribution in [0.5, 0.6) is 0 Å². The number of rotatable bonds is 1. The van der Waals surface area contributed by atoms with Crippen LogP contribution in [0, 0.1) is 56.2 Å². The van der Waals surface area contributed by atoms with Crippen molar-refractivity contribution in [3.63, 3.8) is 0 Å². The van der Waals surface area contributed by atoms with E-state index in [4.69, 9.17) is 0 Å². The van der Waals surface area contributed by atoms with Crippen LogP contribution in [0.3, 0.4) is 0 Å². The first-order chi connectivity index (χ1) is 15.2. The minimum Gasteiger partial charge on any atom is -0.396 e. The lowest BCUT2D eigenvalue weighted by molar-refractivity contribution is -0.283. The molecule has 0 bridgehead atoms. The molecule has 2 N–H and O–H groups in total. The summed E-state index contributed by atoms with van der Waals surface area (Å²) < 4.78 is 0. The molecule has 0 radical (unpaired) electrons. The molecule has 0 amide bonds. The summed E-state index contributed by atoms with van der Waals surface area (Å²) in [5.74, 6) is 1.90. The van der Waals surface area contributed by atoms with Gasteiger partial charge in [-0.1, -0.05) is 48.5 Å². The molecule has 3 heteroatoms. The average molecular weight is 459 g/mol. The minimum atomic E-state index is -0.327. The molecule has 33 heavy (non-hydrogen) atoms. The molecule has 5 saturated carbocycles. The van der Waals surface area contributed by atoms with Crippen LogP contribution in [-0.2, 0) is 4.79 Å². The Balaban J connectivity index is 1.58. The van der Waals surface area contributed by atoms with Crippen LogP contribution >= 0.6 is 0 Å². The Morgan fingerprint density at radius 2 is 1.45 bits per heavy atom. The third-order valence-electron chi connectivity index (χ3n) is 13.9. The lowest BCUT2D eigenvalue weighted by Gasteiger charge is -2.75. The summed E-state index contributed by atoms with van der Waals surface area (Å²) in [4.78, 5) is 12.7. The van der Waals surface area contributed by atoms with E-state index in [1.54, 1.807) is 0 Å². The molecular formula is C30H50O3. The summed E-state index contributed by atoms with van der Waals surface area (Å²) in [6, 6.07) is 0. The van der Waals surface area contributed by atoms with Gasteiger partial charge in [0.25, 0.3) is 0 Å². The third-order valence-corrected chi connectivity index (χ3v) is 13.9. The Labute approximate surface area is 202 Å². The van der Waals surface area contributed by atoms with Gasteiger partial charge in [0.1, 0.15) is 5.78 Å². The van der Waals surface area contributed by atoms with Crippen molar-refractivity contribution in [3.8, 4) is 0 Å². The van der Waals surface area contributed by atoms with E-state index in [0.717, 1.165) is 32.1 Å². The van der Waals surface area contributed by atoms with Crippen molar-refractivity contribution < 1.29 is 15.0 Å². The molecule has 11 unspecified atom stereocenters. The van der Waals surface area contributed by atoms with Gasteiger partial charge in [0.05, 0.1) is 6.10 Å². The number of aliphatic hydroxyl groups is 2. The first-order valence-corrected chi connectivity index (χ1v) is 14.0. The minimum absolute atomic E-state index is 0.0368. The maximum atomic E-state index is 12.7. The SMILES string of the molecule is CC1C(=O)CCC2C1(C)CC(O)C1C2(C)CCC2(C)C3CC(C)(CO)CCC3(C)CCC12C. The van der Waals surface area contributed by atoms with Gasteiger partial charge in [0.2, 0.25) is 0 Å². The maximum absolute atomic E-state index is 12.7. The zero-order valence-corrected chi connectivity index (χ0v) is 22.5. The van der Waals surface area contributed by atoms with Crippen molar-refractivity contribution >= 4 is 5.78 Å². The second-order valence-electron chi connectivity index (χ2n) is 15.3. The summed E-state index contributed by atoms with van der Waals surface area (Å²) in [7, 11) is 0. The van der Waals surface area contributed by atoms with E-state index >= 15 is 0 Å². The maximum Gasteiger partial charge on any atom is 0.136 e. The molecule has 5 fully saturated rings. The summed E-state index contributed by atoms with van der Waals surface area (Å²) >= 11 is 0. The van der Waals surface area contributed by atoms with E-state index in [-0.39, 0.29) is 39.1 Å². The molecule has 5 rings (SSSR count). The molecule has 3 nitrogen and oxygen atoms in total.